The topological polar surface area (TPSA) is 8.88 Å². The zero-order valence-corrected chi connectivity index (χ0v) is 9.84. The van der Waals surface area contributed by atoms with E-state index in [1.165, 1.54) is 43.9 Å². The monoisotopic (exact) mass is 206 g/mol. The maximum atomic E-state index is 2.30. The summed E-state index contributed by atoms with van der Waals surface area (Å²) in [6.45, 7) is 8.71. The van der Waals surface area contributed by atoms with Crippen molar-refractivity contribution in [1.82, 2.24) is 0 Å². The minimum absolute atomic E-state index is 1.21. The third-order valence-corrected chi connectivity index (χ3v) is 3.51. The van der Waals surface area contributed by atoms with Gasteiger partial charge in [-0.25, -0.2) is 0 Å². The van der Waals surface area contributed by atoms with Gasteiger partial charge in [-0.05, 0) is 12.5 Å². The zero-order valence-electron chi connectivity index (χ0n) is 9.84. The first kappa shape index (κ1) is 10.7. The molecule has 1 aromatic carbocycles. The van der Waals surface area contributed by atoms with Gasteiger partial charge in [0.15, 0.2) is 0 Å². The molecule has 2 heteroatoms. The van der Waals surface area contributed by atoms with Crippen molar-refractivity contribution in [3.05, 3.63) is 35.4 Å². The maximum Gasteiger partial charge on any atom is 0.127 e. The van der Waals surface area contributed by atoms with Gasteiger partial charge in [0.2, 0.25) is 0 Å². The molecule has 2 nitrogen and oxygen atoms in total. The van der Waals surface area contributed by atoms with Crippen LogP contribution in [0.1, 0.15) is 11.1 Å². The smallest absolute Gasteiger partial charge is 0.127 e. The number of nitrogens with one attached hydrogen (secondary N) is 2. The van der Waals surface area contributed by atoms with Crippen LogP contribution in [0.2, 0.25) is 0 Å². The van der Waals surface area contributed by atoms with Crippen LogP contribution >= 0.6 is 0 Å². The quantitative estimate of drug-likeness (QED) is 0.608. The van der Waals surface area contributed by atoms with Crippen molar-refractivity contribution in [3.8, 4) is 0 Å². The minimum atomic E-state index is 1.21. The molecule has 2 N–H and O–H groups in total. The number of hydrogen-bond donors (Lipinski definition) is 2. The molecule has 0 aliphatic carbocycles. The minimum Gasteiger partial charge on any atom is -0.328 e. The highest BCUT2D eigenvalue weighted by molar-refractivity contribution is 5.24. The lowest BCUT2D eigenvalue weighted by Crippen LogP contribution is -3.26. The molecule has 0 unspecified atom stereocenters. The number of quaternary nitrogens is 2. The molecule has 1 fully saturated rings. The molecular weight excluding hydrogens is 184 g/mol. The van der Waals surface area contributed by atoms with Gasteiger partial charge in [-0.1, -0.05) is 24.3 Å². The molecule has 2 rings (SSSR count). The fourth-order valence-electron chi connectivity index (χ4n) is 2.28. The second-order valence-corrected chi connectivity index (χ2v) is 4.81. The summed E-state index contributed by atoms with van der Waals surface area (Å²) in [4.78, 5) is 3.43. The highest BCUT2D eigenvalue weighted by atomic mass is 15.2. The molecule has 0 amide bonds. The van der Waals surface area contributed by atoms with E-state index in [9.17, 15) is 0 Å². The Morgan fingerprint density at radius 1 is 1.07 bits per heavy atom. The van der Waals surface area contributed by atoms with E-state index in [0.717, 1.165) is 0 Å². The molecule has 1 aromatic rings. The van der Waals surface area contributed by atoms with E-state index < -0.39 is 0 Å². The van der Waals surface area contributed by atoms with Crippen LogP contribution in [0.5, 0.6) is 0 Å². The summed E-state index contributed by atoms with van der Waals surface area (Å²) in [6, 6.07) is 8.77. The first-order chi connectivity index (χ1) is 7.25. The van der Waals surface area contributed by atoms with Crippen LogP contribution in [0, 0.1) is 6.92 Å². The fourth-order valence-corrected chi connectivity index (χ4v) is 2.28. The Labute approximate surface area is 92.5 Å². The molecule has 0 spiro atoms. The second-order valence-electron chi connectivity index (χ2n) is 4.81. The third kappa shape index (κ3) is 2.80. The van der Waals surface area contributed by atoms with Crippen molar-refractivity contribution in [2.24, 2.45) is 0 Å². The Hall–Kier alpha value is -0.860. The first-order valence-electron chi connectivity index (χ1n) is 5.95. The first-order valence-corrected chi connectivity index (χ1v) is 5.95. The average Bonchev–Trinajstić information content (AvgIpc) is 2.25. The highest BCUT2D eigenvalue weighted by Gasteiger charge is 2.20. The van der Waals surface area contributed by atoms with Crippen molar-refractivity contribution < 1.29 is 9.80 Å². The predicted molar refractivity (Wildman–Crippen MR) is 62.2 cm³/mol. The van der Waals surface area contributed by atoms with Gasteiger partial charge in [0.05, 0.1) is 7.05 Å². The van der Waals surface area contributed by atoms with Gasteiger partial charge in [0.1, 0.15) is 32.7 Å². The Morgan fingerprint density at radius 2 is 1.73 bits per heavy atom. The van der Waals surface area contributed by atoms with Crippen LogP contribution < -0.4 is 9.80 Å². The van der Waals surface area contributed by atoms with Gasteiger partial charge in [0, 0.05) is 5.56 Å². The molecule has 1 heterocycles. The van der Waals surface area contributed by atoms with Crippen LogP contribution in [0.25, 0.3) is 0 Å². The van der Waals surface area contributed by atoms with E-state index in [1.54, 1.807) is 9.80 Å². The maximum absolute atomic E-state index is 2.30. The second kappa shape index (κ2) is 4.77. The number of likely N-dealkylation sites (N-methyl/N-ethyl adjacent to an activating group) is 1. The fraction of sp³-hybridized carbons (Fsp3) is 0.538. The lowest BCUT2D eigenvalue weighted by molar-refractivity contribution is -1.01. The predicted octanol–water partition coefficient (Wildman–Crippen LogP) is -1.09. The standard InChI is InChI=1S/C13H20N2/c1-12-5-3-4-6-13(12)11-15-9-7-14(2)8-10-15/h3-6H,7-11H2,1-2H3/p+2. The van der Waals surface area contributed by atoms with E-state index in [-0.39, 0.29) is 0 Å². The zero-order chi connectivity index (χ0) is 10.7. The molecule has 0 atom stereocenters. The van der Waals surface area contributed by atoms with E-state index in [1.807, 2.05) is 0 Å². The van der Waals surface area contributed by atoms with Crippen LogP contribution in [-0.4, -0.2) is 33.2 Å². The van der Waals surface area contributed by atoms with Crippen molar-refractivity contribution in [3.63, 3.8) is 0 Å². The Balaban J connectivity index is 1.95. The summed E-state index contributed by atoms with van der Waals surface area (Å²) in [5.74, 6) is 0. The van der Waals surface area contributed by atoms with Crippen molar-refractivity contribution in [2.45, 2.75) is 13.5 Å². The SMILES string of the molecule is Cc1ccccc1C[NH+]1CC[NH+](C)CC1. The van der Waals surface area contributed by atoms with Crippen molar-refractivity contribution >= 4 is 0 Å². The van der Waals surface area contributed by atoms with E-state index in [0.29, 0.717) is 0 Å². The Bertz CT molecular complexity index is 314. The molecule has 82 valence electrons. The summed E-state index contributed by atoms with van der Waals surface area (Å²) >= 11 is 0. The van der Waals surface area contributed by atoms with Crippen molar-refractivity contribution in [2.75, 3.05) is 33.2 Å². The molecule has 0 saturated carbocycles. The number of hydrogen-bond acceptors (Lipinski definition) is 0. The van der Waals surface area contributed by atoms with Crippen LogP contribution in [0.4, 0.5) is 0 Å². The molecule has 1 aliphatic rings. The van der Waals surface area contributed by atoms with E-state index >= 15 is 0 Å². The summed E-state index contributed by atoms with van der Waals surface area (Å²) in [6.07, 6.45) is 0. The lowest BCUT2D eigenvalue weighted by Gasteiger charge is -2.27. The van der Waals surface area contributed by atoms with Crippen LogP contribution in [0.3, 0.4) is 0 Å². The molecule has 0 aromatic heterocycles. The van der Waals surface area contributed by atoms with Gasteiger partial charge < -0.3 is 9.80 Å². The van der Waals surface area contributed by atoms with Crippen LogP contribution in [-0.2, 0) is 6.54 Å². The van der Waals surface area contributed by atoms with Gasteiger partial charge in [0.25, 0.3) is 0 Å². The van der Waals surface area contributed by atoms with Gasteiger partial charge in [-0.3, -0.25) is 0 Å². The molecule has 0 bridgehead atoms. The molecule has 15 heavy (non-hydrogen) atoms. The molecular formula is C13H22N2+2. The summed E-state index contributed by atoms with van der Waals surface area (Å²) in [5.41, 5.74) is 2.96. The summed E-state index contributed by atoms with van der Waals surface area (Å²) in [5, 5.41) is 0. The van der Waals surface area contributed by atoms with E-state index in [2.05, 4.69) is 38.2 Å². The number of rotatable bonds is 2. The molecule has 0 radical (unpaired) electrons. The van der Waals surface area contributed by atoms with Crippen LogP contribution in [0.15, 0.2) is 24.3 Å². The lowest BCUT2D eigenvalue weighted by atomic mass is 10.1. The highest BCUT2D eigenvalue weighted by Crippen LogP contribution is 2.04. The average molecular weight is 206 g/mol. The Kier molecular flexibility index (Phi) is 3.39. The van der Waals surface area contributed by atoms with Crippen molar-refractivity contribution in [1.29, 1.82) is 0 Å². The third-order valence-electron chi connectivity index (χ3n) is 3.51. The van der Waals surface area contributed by atoms with Gasteiger partial charge in [-0.15, -0.1) is 0 Å². The number of aryl methyl sites for hydroxylation is 1. The Morgan fingerprint density at radius 3 is 2.40 bits per heavy atom. The largest absolute Gasteiger partial charge is 0.328 e. The summed E-state index contributed by atoms with van der Waals surface area (Å²) in [7, 11) is 2.30. The number of piperazine rings is 1. The number of benzene rings is 1. The van der Waals surface area contributed by atoms with Gasteiger partial charge >= 0.3 is 0 Å². The summed E-state index contributed by atoms with van der Waals surface area (Å²) < 4.78 is 0. The molecule has 1 saturated heterocycles. The molecule has 1 aliphatic heterocycles. The van der Waals surface area contributed by atoms with Gasteiger partial charge in [-0.2, -0.15) is 0 Å². The normalized spacial score (nSPS) is 26.5. The van der Waals surface area contributed by atoms with E-state index in [4.69, 9.17) is 0 Å².